The molecule has 1 unspecified atom stereocenters. The second-order valence-corrected chi connectivity index (χ2v) is 4.43. The Morgan fingerprint density at radius 1 is 1.71 bits per heavy atom. The van der Waals surface area contributed by atoms with Crippen LogP contribution in [-0.4, -0.2) is 29.0 Å². The molecule has 1 atom stereocenters. The van der Waals surface area contributed by atoms with E-state index in [1.165, 1.54) is 4.68 Å². The predicted molar refractivity (Wildman–Crippen MR) is 66.6 cm³/mol. The number of anilines is 1. The van der Waals surface area contributed by atoms with Crippen molar-refractivity contribution in [2.45, 2.75) is 32.4 Å². The molecule has 6 heteroatoms. The first-order valence-electron chi connectivity index (χ1n) is 5.82. The van der Waals surface area contributed by atoms with Crippen molar-refractivity contribution < 1.29 is 4.74 Å². The van der Waals surface area contributed by atoms with Gasteiger partial charge in [-0.1, -0.05) is 11.6 Å². The van der Waals surface area contributed by atoms with Crippen molar-refractivity contribution in [3.05, 3.63) is 21.6 Å². The van der Waals surface area contributed by atoms with E-state index in [0.717, 1.165) is 19.4 Å². The van der Waals surface area contributed by atoms with E-state index in [-0.39, 0.29) is 16.6 Å². The van der Waals surface area contributed by atoms with E-state index in [1.54, 1.807) is 6.20 Å². The first-order chi connectivity index (χ1) is 8.22. The Kier molecular flexibility index (Phi) is 4.02. The first kappa shape index (κ1) is 12.4. The summed E-state index contributed by atoms with van der Waals surface area (Å²) in [5.41, 5.74) is 0.341. The molecule has 0 bridgehead atoms. The zero-order valence-corrected chi connectivity index (χ0v) is 10.5. The number of halogens is 1. The van der Waals surface area contributed by atoms with E-state index in [2.05, 4.69) is 10.4 Å². The van der Waals surface area contributed by atoms with E-state index in [0.29, 0.717) is 18.8 Å². The van der Waals surface area contributed by atoms with Crippen molar-refractivity contribution in [3.8, 4) is 0 Å². The maximum Gasteiger partial charge on any atom is 0.287 e. The highest BCUT2D eigenvalue weighted by Crippen LogP contribution is 2.19. The van der Waals surface area contributed by atoms with Crippen LogP contribution < -0.4 is 10.9 Å². The van der Waals surface area contributed by atoms with Crippen LogP contribution in [0.25, 0.3) is 0 Å². The molecule has 0 radical (unpaired) electrons. The standard InChI is InChI=1S/C11H16ClN3O2/c1-2-15-11(16)10(12)9(6-13-15)14-8-4-3-5-17-7-8/h6,8,14H,2-5,7H2,1H3. The summed E-state index contributed by atoms with van der Waals surface area (Å²) in [6, 6.07) is 0.208. The predicted octanol–water partition coefficient (Wildman–Crippen LogP) is 1.51. The molecule has 0 saturated carbocycles. The normalized spacial score (nSPS) is 20.2. The lowest BCUT2D eigenvalue weighted by Crippen LogP contribution is -2.31. The van der Waals surface area contributed by atoms with E-state index >= 15 is 0 Å². The molecule has 1 aromatic rings. The Hall–Kier alpha value is -1.07. The maximum absolute atomic E-state index is 11.8. The molecule has 1 saturated heterocycles. The van der Waals surface area contributed by atoms with Gasteiger partial charge in [-0.2, -0.15) is 5.10 Å². The quantitative estimate of drug-likeness (QED) is 0.892. The Morgan fingerprint density at radius 3 is 3.18 bits per heavy atom. The monoisotopic (exact) mass is 257 g/mol. The summed E-state index contributed by atoms with van der Waals surface area (Å²) in [5, 5.41) is 7.45. The third-order valence-corrected chi connectivity index (χ3v) is 3.17. The highest BCUT2D eigenvalue weighted by molar-refractivity contribution is 6.32. The molecule has 2 heterocycles. The summed E-state index contributed by atoms with van der Waals surface area (Å²) < 4.78 is 6.70. The Balaban J connectivity index is 2.15. The summed E-state index contributed by atoms with van der Waals surface area (Å²) in [6.45, 7) is 3.83. The van der Waals surface area contributed by atoms with Gasteiger partial charge >= 0.3 is 0 Å². The molecule has 1 N–H and O–H groups in total. The van der Waals surface area contributed by atoms with Gasteiger partial charge in [-0.3, -0.25) is 4.79 Å². The average molecular weight is 258 g/mol. The van der Waals surface area contributed by atoms with Gasteiger partial charge in [0.1, 0.15) is 5.02 Å². The number of nitrogens with one attached hydrogen (secondary N) is 1. The second-order valence-electron chi connectivity index (χ2n) is 4.05. The molecule has 1 aromatic heterocycles. The average Bonchev–Trinajstić information content (AvgIpc) is 2.37. The lowest BCUT2D eigenvalue weighted by molar-refractivity contribution is 0.0876. The maximum atomic E-state index is 11.8. The van der Waals surface area contributed by atoms with Gasteiger partial charge in [-0.25, -0.2) is 4.68 Å². The zero-order chi connectivity index (χ0) is 12.3. The van der Waals surface area contributed by atoms with Crippen LogP contribution in [0.5, 0.6) is 0 Å². The van der Waals surface area contributed by atoms with Gasteiger partial charge in [0.25, 0.3) is 5.56 Å². The summed E-state index contributed by atoms with van der Waals surface area (Å²) >= 11 is 6.02. The number of aryl methyl sites for hydroxylation is 1. The van der Waals surface area contributed by atoms with E-state index in [1.807, 2.05) is 6.92 Å². The fourth-order valence-corrected chi connectivity index (χ4v) is 2.07. The smallest absolute Gasteiger partial charge is 0.287 e. The Bertz CT molecular complexity index is 441. The molecule has 0 spiro atoms. The fraction of sp³-hybridized carbons (Fsp3) is 0.636. The van der Waals surface area contributed by atoms with E-state index in [4.69, 9.17) is 16.3 Å². The minimum Gasteiger partial charge on any atom is -0.379 e. The third kappa shape index (κ3) is 2.79. The van der Waals surface area contributed by atoms with Gasteiger partial charge in [-0.05, 0) is 19.8 Å². The molecule has 2 rings (SSSR count). The number of hydrogen-bond acceptors (Lipinski definition) is 4. The van der Waals surface area contributed by atoms with Gasteiger partial charge < -0.3 is 10.1 Å². The minimum absolute atomic E-state index is 0.201. The highest BCUT2D eigenvalue weighted by atomic mass is 35.5. The topological polar surface area (TPSA) is 56.1 Å². The number of rotatable bonds is 3. The van der Waals surface area contributed by atoms with Crippen LogP contribution in [0.1, 0.15) is 19.8 Å². The van der Waals surface area contributed by atoms with Crippen molar-refractivity contribution in [2.75, 3.05) is 18.5 Å². The van der Waals surface area contributed by atoms with Gasteiger partial charge in [0, 0.05) is 19.2 Å². The van der Waals surface area contributed by atoms with Crippen molar-refractivity contribution in [1.82, 2.24) is 9.78 Å². The zero-order valence-electron chi connectivity index (χ0n) is 9.78. The number of nitrogens with zero attached hydrogens (tertiary/aromatic N) is 2. The van der Waals surface area contributed by atoms with Crippen LogP contribution in [0.4, 0.5) is 5.69 Å². The van der Waals surface area contributed by atoms with Crippen molar-refractivity contribution in [1.29, 1.82) is 0 Å². The fourth-order valence-electron chi connectivity index (χ4n) is 1.87. The van der Waals surface area contributed by atoms with Crippen molar-refractivity contribution >= 4 is 17.3 Å². The van der Waals surface area contributed by atoms with Gasteiger partial charge in [0.2, 0.25) is 0 Å². The van der Waals surface area contributed by atoms with Crippen LogP contribution >= 0.6 is 11.6 Å². The van der Waals surface area contributed by atoms with Crippen LogP contribution in [0.2, 0.25) is 5.02 Å². The molecule has 1 aliphatic rings. The van der Waals surface area contributed by atoms with E-state index in [9.17, 15) is 4.79 Å². The van der Waals surface area contributed by atoms with Gasteiger partial charge in [0.05, 0.1) is 18.5 Å². The lowest BCUT2D eigenvalue weighted by Gasteiger charge is -2.24. The molecule has 5 nitrogen and oxygen atoms in total. The molecular formula is C11H16ClN3O2. The summed E-state index contributed by atoms with van der Waals surface area (Å²) in [6.07, 6.45) is 3.64. The summed E-state index contributed by atoms with van der Waals surface area (Å²) in [7, 11) is 0. The van der Waals surface area contributed by atoms with E-state index < -0.39 is 0 Å². The molecule has 1 aliphatic heterocycles. The number of ether oxygens (including phenoxy) is 1. The second kappa shape index (κ2) is 5.51. The SMILES string of the molecule is CCn1ncc(NC2CCCOC2)c(Cl)c1=O. The van der Waals surface area contributed by atoms with Gasteiger partial charge in [0.15, 0.2) is 0 Å². The van der Waals surface area contributed by atoms with Crippen molar-refractivity contribution in [3.63, 3.8) is 0 Å². The van der Waals surface area contributed by atoms with Crippen LogP contribution in [0, 0.1) is 0 Å². The third-order valence-electron chi connectivity index (χ3n) is 2.80. The van der Waals surface area contributed by atoms with Crippen LogP contribution in [-0.2, 0) is 11.3 Å². The number of aromatic nitrogens is 2. The summed E-state index contributed by atoms with van der Waals surface area (Å²) in [4.78, 5) is 11.8. The molecule has 94 valence electrons. The molecule has 17 heavy (non-hydrogen) atoms. The van der Waals surface area contributed by atoms with Crippen LogP contribution in [0.3, 0.4) is 0 Å². The Labute approximate surface area is 105 Å². The minimum atomic E-state index is -0.254. The molecule has 1 fully saturated rings. The molecular weight excluding hydrogens is 242 g/mol. The first-order valence-corrected chi connectivity index (χ1v) is 6.20. The molecule has 0 amide bonds. The highest BCUT2D eigenvalue weighted by Gasteiger charge is 2.16. The van der Waals surface area contributed by atoms with Gasteiger partial charge in [-0.15, -0.1) is 0 Å². The van der Waals surface area contributed by atoms with Crippen molar-refractivity contribution in [2.24, 2.45) is 0 Å². The molecule has 0 aliphatic carbocycles. The lowest BCUT2D eigenvalue weighted by atomic mass is 10.1. The molecule has 0 aromatic carbocycles. The van der Waals surface area contributed by atoms with Crippen LogP contribution in [0.15, 0.2) is 11.0 Å². The Morgan fingerprint density at radius 2 is 2.53 bits per heavy atom. The largest absolute Gasteiger partial charge is 0.379 e. The summed E-state index contributed by atoms with van der Waals surface area (Å²) in [5.74, 6) is 0. The number of hydrogen-bond donors (Lipinski definition) is 1.